The Balaban J connectivity index is 1.89. The summed E-state index contributed by atoms with van der Waals surface area (Å²) in [7, 11) is 0. The monoisotopic (exact) mass is 301 g/mol. The third-order valence-electron chi connectivity index (χ3n) is 3.26. The summed E-state index contributed by atoms with van der Waals surface area (Å²) < 4.78 is 5.53. The van der Waals surface area contributed by atoms with Crippen LogP contribution in [0.2, 0.25) is 0 Å². The normalized spacial score (nSPS) is 16.4. The van der Waals surface area contributed by atoms with Gasteiger partial charge in [-0.05, 0) is 23.8 Å². The number of amides is 1. The van der Waals surface area contributed by atoms with Crippen molar-refractivity contribution in [3.8, 4) is 0 Å². The Labute approximate surface area is 121 Å². The number of carbonyl (C=O) groups is 1. The number of likely N-dealkylation sites (tertiary alicyclic amines) is 1. The molecule has 1 aliphatic heterocycles. The lowest BCUT2D eigenvalue weighted by molar-refractivity contribution is -0.389. The summed E-state index contributed by atoms with van der Waals surface area (Å²) in [6, 6.07) is 2.74. The van der Waals surface area contributed by atoms with Crippen LogP contribution in [0.25, 0.3) is 0 Å². The van der Waals surface area contributed by atoms with Gasteiger partial charge in [-0.1, -0.05) is 0 Å². The van der Waals surface area contributed by atoms with Crippen molar-refractivity contribution >= 4 is 23.3 Å². The molecule has 0 spiro atoms. The van der Waals surface area contributed by atoms with Crippen LogP contribution in [-0.2, 0) is 4.74 Å². The molecule has 0 saturated carbocycles. The molecule has 0 radical (unpaired) electrons. The minimum absolute atomic E-state index is 0.135. The minimum atomic E-state index is -0.553. The van der Waals surface area contributed by atoms with Gasteiger partial charge in [0.1, 0.15) is 0 Å². The zero-order valence-electron chi connectivity index (χ0n) is 10.9. The fourth-order valence-corrected chi connectivity index (χ4v) is 2.31. The van der Waals surface area contributed by atoms with Crippen LogP contribution in [0.5, 0.6) is 0 Å². The molecular weight excluding hydrogens is 286 g/mol. The first-order valence-corrected chi connectivity index (χ1v) is 6.95. The van der Waals surface area contributed by atoms with Gasteiger partial charge in [0, 0.05) is 25.0 Å². The molecule has 1 aromatic heterocycles. The average Bonchev–Trinajstić information content (AvgIpc) is 2.95. The molecule has 20 heavy (non-hydrogen) atoms. The van der Waals surface area contributed by atoms with Gasteiger partial charge in [-0.2, -0.15) is 0 Å². The maximum atomic E-state index is 12.2. The number of ether oxygens (including phenoxy) is 1. The van der Waals surface area contributed by atoms with Gasteiger partial charge >= 0.3 is 5.82 Å². The highest BCUT2D eigenvalue weighted by molar-refractivity contribution is 6.17. The lowest BCUT2D eigenvalue weighted by Gasteiger charge is -2.31. The fraction of sp³-hybridized carbons (Fsp3) is 0.583. The summed E-state index contributed by atoms with van der Waals surface area (Å²) >= 11 is 5.56. The van der Waals surface area contributed by atoms with Gasteiger partial charge in [0.05, 0.1) is 12.7 Å². The summed E-state index contributed by atoms with van der Waals surface area (Å²) in [5.41, 5.74) is 0.247. The lowest BCUT2D eigenvalue weighted by Crippen LogP contribution is -2.41. The highest BCUT2D eigenvalue weighted by Crippen LogP contribution is 2.17. The molecule has 8 heteroatoms. The van der Waals surface area contributed by atoms with E-state index in [0.29, 0.717) is 25.6 Å². The second-order valence-corrected chi connectivity index (χ2v) is 4.94. The zero-order valence-corrected chi connectivity index (χ0v) is 11.6. The van der Waals surface area contributed by atoms with Crippen LogP contribution < -0.4 is 0 Å². The van der Waals surface area contributed by atoms with Gasteiger partial charge in [-0.3, -0.25) is 4.79 Å². The van der Waals surface area contributed by atoms with Crippen LogP contribution in [-0.4, -0.2) is 52.4 Å². The molecular formula is C12H16ClN3O4. The Hall–Kier alpha value is -1.60. The van der Waals surface area contributed by atoms with E-state index in [1.165, 1.54) is 12.1 Å². The number of H-pyrrole nitrogens is 1. The van der Waals surface area contributed by atoms with Crippen LogP contribution in [0, 0.1) is 10.1 Å². The number of nitrogens with one attached hydrogen (secondary N) is 1. The lowest BCUT2D eigenvalue weighted by atomic mass is 10.1. The number of hydrogen-bond donors (Lipinski definition) is 1. The second-order valence-electron chi connectivity index (χ2n) is 4.57. The largest absolute Gasteiger partial charge is 0.377 e. The first kappa shape index (κ1) is 14.8. The van der Waals surface area contributed by atoms with Crippen LogP contribution in [0.1, 0.15) is 23.3 Å². The van der Waals surface area contributed by atoms with Crippen LogP contribution in [0.15, 0.2) is 12.1 Å². The number of aromatic amines is 1. The molecule has 110 valence electrons. The van der Waals surface area contributed by atoms with Gasteiger partial charge < -0.3 is 19.8 Å². The van der Waals surface area contributed by atoms with E-state index < -0.39 is 4.92 Å². The van der Waals surface area contributed by atoms with Crippen LogP contribution in [0.4, 0.5) is 5.82 Å². The molecule has 0 aliphatic carbocycles. The fourth-order valence-electron chi connectivity index (χ4n) is 2.22. The summed E-state index contributed by atoms with van der Waals surface area (Å²) in [6.07, 6.45) is 1.65. The van der Waals surface area contributed by atoms with E-state index >= 15 is 0 Å². The molecule has 7 nitrogen and oxygen atoms in total. The van der Waals surface area contributed by atoms with Crippen molar-refractivity contribution in [2.24, 2.45) is 0 Å². The number of hydrogen-bond acceptors (Lipinski definition) is 4. The highest BCUT2D eigenvalue weighted by Gasteiger charge is 2.26. The molecule has 0 aromatic carbocycles. The number of alkyl halides is 1. The Morgan fingerprint density at radius 1 is 1.50 bits per heavy atom. The highest BCUT2D eigenvalue weighted by atomic mass is 35.5. The van der Waals surface area contributed by atoms with Crippen LogP contribution in [0.3, 0.4) is 0 Å². The van der Waals surface area contributed by atoms with E-state index in [9.17, 15) is 14.9 Å². The Kier molecular flexibility index (Phi) is 4.97. The van der Waals surface area contributed by atoms with Crippen molar-refractivity contribution in [3.63, 3.8) is 0 Å². The smallest absolute Gasteiger partial charge is 0.321 e. The van der Waals surface area contributed by atoms with Crippen molar-refractivity contribution in [1.29, 1.82) is 0 Å². The maximum absolute atomic E-state index is 12.2. The number of rotatable bonds is 5. The SMILES string of the molecule is O=C(c1ccc([N+](=O)[O-])[nH]1)N1CCC(OCCCl)CC1. The molecule has 1 aliphatic rings. The molecule has 0 bridgehead atoms. The summed E-state index contributed by atoms with van der Waals surface area (Å²) in [5, 5.41) is 10.6. The molecule has 1 fully saturated rings. The Morgan fingerprint density at radius 3 is 2.75 bits per heavy atom. The molecule has 1 amide bonds. The molecule has 1 N–H and O–H groups in total. The van der Waals surface area contributed by atoms with E-state index in [1.807, 2.05) is 0 Å². The second kappa shape index (κ2) is 6.71. The maximum Gasteiger partial charge on any atom is 0.321 e. The molecule has 0 atom stereocenters. The van der Waals surface area contributed by atoms with E-state index in [1.54, 1.807) is 4.90 Å². The van der Waals surface area contributed by atoms with Crippen molar-refractivity contribution in [2.45, 2.75) is 18.9 Å². The van der Waals surface area contributed by atoms with E-state index in [0.717, 1.165) is 12.8 Å². The number of carbonyl (C=O) groups excluding carboxylic acids is 1. The molecule has 1 saturated heterocycles. The third-order valence-corrected chi connectivity index (χ3v) is 3.41. The van der Waals surface area contributed by atoms with Gasteiger partial charge in [0.2, 0.25) is 0 Å². The number of nitro groups is 1. The summed E-state index contributed by atoms with van der Waals surface area (Å²) in [4.78, 5) is 26.4. The van der Waals surface area contributed by atoms with Crippen molar-refractivity contribution in [3.05, 3.63) is 27.9 Å². The van der Waals surface area contributed by atoms with E-state index in [-0.39, 0.29) is 23.5 Å². The van der Waals surface area contributed by atoms with Crippen molar-refractivity contribution in [1.82, 2.24) is 9.88 Å². The predicted octanol–water partition coefficient (Wildman–Crippen LogP) is 1.78. The topological polar surface area (TPSA) is 88.5 Å². The van der Waals surface area contributed by atoms with Gasteiger partial charge in [0.25, 0.3) is 5.91 Å². The number of piperidine rings is 1. The Bertz CT molecular complexity index is 483. The first-order chi connectivity index (χ1) is 9.61. The molecule has 0 unspecified atom stereocenters. The first-order valence-electron chi connectivity index (χ1n) is 6.42. The number of aromatic nitrogens is 1. The molecule has 2 heterocycles. The van der Waals surface area contributed by atoms with E-state index in [2.05, 4.69) is 4.98 Å². The quantitative estimate of drug-likeness (QED) is 0.510. The van der Waals surface area contributed by atoms with Gasteiger partial charge in [-0.15, -0.1) is 11.6 Å². The van der Waals surface area contributed by atoms with E-state index in [4.69, 9.17) is 16.3 Å². The van der Waals surface area contributed by atoms with Gasteiger partial charge in [0.15, 0.2) is 5.69 Å². The zero-order chi connectivity index (χ0) is 14.5. The number of nitrogens with zero attached hydrogens (tertiary/aromatic N) is 2. The van der Waals surface area contributed by atoms with Gasteiger partial charge in [-0.25, -0.2) is 4.98 Å². The predicted molar refractivity (Wildman–Crippen MR) is 73.0 cm³/mol. The molecule has 1 aromatic rings. The standard InChI is InChI=1S/C12H16ClN3O4/c13-5-8-20-9-3-6-15(7-4-9)12(17)10-1-2-11(14-10)16(18)19/h1-2,9,14H,3-8H2. The molecule has 2 rings (SSSR count). The average molecular weight is 302 g/mol. The minimum Gasteiger partial charge on any atom is -0.377 e. The van der Waals surface area contributed by atoms with Crippen molar-refractivity contribution < 1.29 is 14.5 Å². The van der Waals surface area contributed by atoms with Crippen LogP contribution >= 0.6 is 11.6 Å². The van der Waals surface area contributed by atoms with Crippen molar-refractivity contribution in [2.75, 3.05) is 25.6 Å². The Morgan fingerprint density at radius 2 is 2.20 bits per heavy atom. The third kappa shape index (κ3) is 3.49. The summed E-state index contributed by atoms with van der Waals surface area (Å²) in [6.45, 7) is 1.68. The summed E-state index contributed by atoms with van der Waals surface area (Å²) in [5.74, 6) is 0.0771. The number of halogens is 1.